The second-order valence-electron chi connectivity index (χ2n) is 5.76. The van der Waals surface area contributed by atoms with Gasteiger partial charge in [-0.15, -0.1) is 0 Å². The first-order valence-electron chi connectivity index (χ1n) is 7.93. The summed E-state index contributed by atoms with van der Waals surface area (Å²) >= 11 is 0. The van der Waals surface area contributed by atoms with Crippen LogP contribution in [0.2, 0.25) is 0 Å². The standard InChI is InChI=1S/C17H22N2O4/c20-15(12-19-10-6-2-1-3-9-16(19)21)18-14-8-5-4-7-13(14)11-17(22)23/h4-5,7-8H,1-3,6,9-12H2,(H,18,20)(H,22,23). The number of amides is 2. The summed E-state index contributed by atoms with van der Waals surface area (Å²) in [7, 11) is 0. The number of carboxylic acids is 1. The van der Waals surface area contributed by atoms with Gasteiger partial charge in [0, 0.05) is 18.7 Å². The third-order valence-corrected chi connectivity index (χ3v) is 3.89. The molecule has 6 heteroatoms. The van der Waals surface area contributed by atoms with Gasteiger partial charge in [-0.05, 0) is 24.5 Å². The fourth-order valence-electron chi connectivity index (χ4n) is 2.70. The minimum absolute atomic E-state index is 0.0127. The molecule has 1 heterocycles. The average Bonchev–Trinajstić information content (AvgIpc) is 2.48. The molecule has 2 amide bonds. The van der Waals surface area contributed by atoms with Crippen LogP contribution in [0.3, 0.4) is 0 Å². The van der Waals surface area contributed by atoms with Crippen LogP contribution >= 0.6 is 0 Å². The molecule has 0 unspecified atom stereocenters. The van der Waals surface area contributed by atoms with Crippen LogP contribution in [0.25, 0.3) is 0 Å². The van der Waals surface area contributed by atoms with E-state index in [9.17, 15) is 14.4 Å². The number of carboxylic acid groups (broad SMARTS) is 1. The molecule has 0 saturated carbocycles. The number of nitrogens with zero attached hydrogens (tertiary/aromatic N) is 1. The maximum atomic E-state index is 12.2. The molecule has 0 bridgehead atoms. The molecule has 23 heavy (non-hydrogen) atoms. The fraction of sp³-hybridized carbons (Fsp3) is 0.471. The lowest BCUT2D eigenvalue weighted by molar-refractivity contribution is -0.136. The van der Waals surface area contributed by atoms with Gasteiger partial charge in [0.2, 0.25) is 11.8 Å². The van der Waals surface area contributed by atoms with Crippen LogP contribution in [-0.4, -0.2) is 40.9 Å². The Labute approximate surface area is 135 Å². The molecule has 0 atom stereocenters. The van der Waals surface area contributed by atoms with E-state index in [1.54, 1.807) is 29.2 Å². The highest BCUT2D eigenvalue weighted by molar-refractivity contribution is 5.95. The van der Waals surface area contributed by atoms with E-state index >= 15 is 0 Å². The molecule has 1 aliphatic rings. The number of para-hydroxylation sites is 1. The van der Waals surface area contributed by atoms with Crippen LogP contribution in [0.15, 0.2) is 24.3 Å². The van der Waals surface area contributed by atoms with Crippen LogP contribution in [0.4, 0.5) is 5.69 Å². The summed E-state index contributed by atoms with van der Waals surface area (Å²) in [6.07, 6.45) is 4.26. The Bertz CT molecular complexity index is 586. The van der Waals surface area contributed by atoms with E-state index in [0.717, 1.165) is 25.7 Å². The minimum atomic E-state index is -0.953. The van der Waals surface area contributed by atoms with Crippen molar-refractivity contribution in [2.75, 3.05) is 18.4 Å². The van der Waals surface area contributed by atoms with Gasteiger partial charge in [0.1, 0.15) is 0 Å². The lowest BCUT2D eigenvalue weighted by Crippen LogP contribution is -2.39. The second-order valence-corrected chi connectivity index (χ2v) is 5.76. The molecule has 2 rings (SSSR count). The first-order valence-corrected chi connectivity index (χ1v) is 7.93. The third kappa shape index (κ3) is 5.39. The Morgan fingerprint density at radius 3 is 2.65 bits per heavy atom. The Kier molecular flexibility index (Phi) is 6.14. The smallest absolute Gasteiger partial charge is 0.307 e. The van der Waals surface area contributed by atoms with Gasteiger partial charge in [0.15, 0.2) is 0 Å². The highest BCUT2D eigenvalue weighted by atomic mass is 16.4. The predicted molar refractivity (Wildman–Crippen MR) is 86.1 cm³/mol. The van der Waals surface area contributed by atoms with Gasteiger partial charge in [-0.1, -0.05) is 31.0 Å². The Morgan fingerprint density at radius 1 is 1.13 bits per heavy atom. The number of benzene rings is 1. The zero-order valence-electron chi connectivity index (χ0n) is 13.1. The summed E-state index contributed by atoms with van der Waals surface area (Å²) in [6, 6.07) is 6.81. The van der Waals surface area contributed by atoms with Gasteiger partial charge in [-0.25, -0.2) is 0 Å². The first kappa shape index (κ1) is 17.0. The number of hydrogen-bond acceptors (Lipinski definition) is 3. The number of nitrogens with one attached hydrogen (secondary N) is 1. The molecule has 0 spiro atoms. The van der Waals surface area contributed by atoms with E-state index in [1.807, 2.05) is 0 Å². The normalized spacial score (nSPS) is 15.7. The first-order chi connectivity index (χ1) is 11.1. The largest absolute Gasteiger partial charge is 0.481 e. The molecule has 124 valence electrons. The molecule has 2 N–H and O–H groups in total. The van der Waals surface area contributed by atoms with Gasteiger partial charge in [0.25, 0.3) is 0 Å². The number of anilines is 1. The van der Waals surface area contributed by atoms with Crippen molar-refractivity contribution in [1.29, 1.82) is 0 Å². The van der Waals surface area contributed by atoms with Crippen molar-refractivity contribution in [3.63, 3.8) is 0 Å². The number of rotatable bonds is 5. The number of carbonyl (C=O) groups is 3. The molecule has 1 saturated heterocycles. The van der Waals surface area contributed by atoms with Crippen molar-refractivity contribution < 1.29 is 19.5 Å². The minimum Gasteiger partial charge on any atom is -0.481 e. The van der Waals surface area contributed by atoms with Gasteiger partial charge >= 0.3 is 5.97 Å². The number of likely N-dealkylation sites (tertiary alicyclic amines) is 1. The maximum Gasteiger partial charge on any atom is 0.307 e. The Hall–Kier alpha value is -2.37. The number of aliphatic carboxylic acids is 1. The molecule has 1 fully saturated rings. The third-order valence-electron chi connectivity index (χ3n) is 3.89. The summed E-state index contributed by atoms with van der Waals surface area (Å²) in [5.74, 6) is -1.24. The molecule has 0 aliphatic carbocycles. The molecule has 6 nitrogen and oxygen atoms in total. The summed E-state index contributed by atoms with van der Waals surface area (Å²) in [5, 5.41) is 11.6. The molecular weight excluding hydrogens is 296 g/mol. The molecule has 0 aromatic heterocycles. The summed E-state index contributed by atoms with van der Waals surface area (Å²) in [4.78, 5) is 36.7. The van der Waals surface area contributed by atoms with E-state index < -0.39 is 5.97 Å². The van der Waals surface area contributed by atoms with Crippen molar-refractivity contribution in [3.8, 4) is 0 Å². The number of carbonyl (C=O) groups excluding carboxylic acids is 2. The van der Waals surface area contributed by atoms with Crippen molar-refractivity contribution >= 4 is 23.5 Å². The second kappa shape index (κ2) is 8.31. The van der Waals surface area contributed by atoms with E-state index in [1.165, 1.54) is 0 Å². The van der Waals surface area contributed by atoms with Gasteiger partial charge in [0.05, 0.1) is 13.0 Å². The summed E-state index contributed by atoms with van der Waals surface area (Å²) < 4.78 is 0. The molecule has 1 aliphatic heterocycles. The van der Waals surface area contributed by atoms with Crippen molar-refractivity contribution in [1.82, 2.24) is 4.90 Å². The lowest BCUT2D eigenvalue weighted by Gasteiger charge is -2.24. The maximum absolute atomic E-state index is 12.2. The zero-order valence-corrected chi connectivity index (χ0v) is 13.1. The van der Waals surface area contributed by atoms with Crippen molar-refractivity contribution in [2.24, 2.45) is 0 Å². The quantitative estimate of drug-likeness (QED) is 0.870. The topological polar surface area (TPSA) is 86.7 Å². The SMILES string of the molecule is O=C(O)Cc1ccccc1NC(=O)CN1CCCCCCC1=O. The van der Waals surface area contributed by atoms with E-state index in [2.05, 4.69) is 5.32 Å². The highest BCUT2D eigenvalue weighted by Gasteiger charge is 2.19. The molecule has 1 aromatic carbocycles. The lowest BCUT2D eigenvalue weighted by atomic mass is 10.1. The van der Waals surface area contributed by atoms with Crippen LogP contribution in [-0.2, 0) is 20.8 Å². The van der Waals surface area contributed by atoms with Gasteiger partial charge in [-0.2, -0.15) is 0 Å². The van der Waals surface area contributed by atoms with Crippen LogP contribution in [0.1, 0.15) is 37.7 Å². The molecule has 0 radical (unpaired) electrons. The van der Waals surface area contributed by atoms with Crippen LogP contribution in [0, 0.1) is 0 Å². The zero-order chi connectivity index (χ0) is 16.7. The van der Waals surface area contributed by atoms with Crippen LogP contribution in [0.5, 0.6) is 0 Å². The summed E-state index contributed by atoms with van der Waals surface area (Å²) in [5.41, 5.74) is 1.03. The van der Waals surface area contributed by atoms with E-state index in [4.69, 9.17) is 5.11 Å². The van der Waals surface area contributed by atoms with E-state index in [-0.39, 0.29) is 24.8 Å². The van der Waals surface area contributed by atoms with E-state index in [0.29, 0.717) is 24.2 Å². The van der Waals surface area contributed by atoms with Crippen LogP contribution < -0.4 is 5.32 Å². The van der Waals surface area contributed by atoms with Gasteiger partial charge in [-0.3, -0.25) is 14.4 Å². The average molecular weight is 318 g/mol. The Morgan fingerprint density at radius 2 is 1.87 bits per heavy atom. The Balaban J connectivity index is 1.98. The van der Waals surface area contributed by atoms with Crippen molar-refractivity contribution in [3.05, 3.63) is 29.8 Å². The highest BCUT2D eigenvalue weighted by Crippen LogP contribution is 2.16. The fourth-order valence-corrected chi connectivity index (χ4v) is 2.70. The molecule has 1 aromatic rings. The molecular formula is C17H22N2O4. The predicted octanol–water partition coefficient (Wildman–Crippen LogP) is 2.04. The van der Waals surface area contributed by atoms with Crippen molar-refractivity contribution in [2.45, 2.75) is 38.5 Å². The number of hydrogen-bond donors (Lipinski definition) is 2. The van der Waals surface area contributed by atoms with Gasteiger partial charge < -0.3 is 15.3 Å². The summed E-state index contributed by atoms with van der Waals surface area (Å²) in [6.45, 7) is 0.614. The monoisotopic (exact) mass is 318 g/mol.